The molecular formula is C31H28F12P2S4. The van der Waals surface area contributed by atoms with Crippen molar-refractivity contribution in [2.24, 2.45) is 0 Å². The summed E-state index contributed by atoms with van der Waals surface area (Å²) in [5, 5.41) is 1.35. The molecule has 2 aliphatic heterocycles. The number of rotatable bonds is 2. The fourth-order valence-electron chi connectivity index (χ4n) is 5.77. The van der Waals surface area contributed by atoms with Gasteiger partial charge in [-0.25, -0.2) is 0 Å². The van der Waals surface area contributed by atoms with E-state index in [1.54, 1.807) is 19.6 Å². The van der Waals surface area contributed by atoms with Gasteiger partial charge in [-0.15, -0.1) is 0 Å². The van der Waals surface area contributed by atoms with Gasteiger partial charge in [0.1, 0.15) is 0 Å². The third-order valence-corrected chi connectivity index (χ3v) is 15.9. The zero-order valence-corrected chi connectivity index (χ0v) is 30.0. The number of hydrogen-bond acceptors (Lipinski definition) is 2. The first-order valence-electron chi connectivity index (χ1n) is 14.6. The first-order chi connectivity index (χ1) is 22.3. The van der Waals surface area contributed by atoms with E-state index >= 15 is 0 Å². The summed E-state index contributed by atoms with van der Waals surface area (Å²) < 4.78 is 118. The van der Waals surface area contributed by atoms with Gasteiger partial charge in [-0.1, -0.05) is 78.5 Å². The molecule has 0 amide bonds. The van der Waals surface area contributed by atoms with Gasteiger partial charge in [0.2, 0.25) is 0 Å². The summed E-state index contributed by atoms with van der Waals surface area (Å²) in [6.07, 6.45) is 6.76. The summed E-state index contributed by atoms with van der Waals surface area (Å²) in [6.45, 7) is 0. The van der Waals surface area contributed by atoms with E-state index < -0.39 is 15.6 Å². The van der Waals surface area contributed by atoms with Crippen molar-refractivity contribution in [1.29, 1.82) is 0 Å². The standard InChI is InChI=1S/C31H28S4.2F6P/c1-2-20-30(34-26-16-8-4-12-22(26)32-23-13-5-9-17-27(23)34)31(21-3-1)35-28-18-10-6-14-24(28)33-25-15-7-11-19-29(25)35;2*1-7(2,3,4,5)6/h4-19,30-31H,1-3,20-21H2;;/q+2;2*-1/t30-,31-;;/m1../s1. The quantitative estimate of drug-likeness (QED) is 0.0855. The zero-order chi connectivity index (χ0) is 36.0. The van der Waals surface area contributed by atoms with Crippen molar-refractivity contribution in [3.05, 3.63) is 97.1 Å². The van der Waals surface area contributed by atoms with Crippen LogP contribution in [0.1, 0.15) is 32.1 Å². The Morgan fingerprint density at radius 1 is 0.388 bits per heavy atom. The van der Waals surface area contributed by atoms with Crippen LogP contribution in [0.3, 0.4) is 0 Å². The van der Waals surface area contributed by atoms with Crippen LogP contribution in [-0.4, -0.2) is 10.5 Å². The molecular weight excluding hydrogens is 791 g/mol. The Kier molecular flexibility index (Phi) is 9.80. The van der Waals surface area contributed by atoms with Gasteiger partial charge in [0.15, 0.2) is 30.1 Å². The van der Waals surface area contributed by atoms with E-state index in [0.29, 0.717) is 10.5 Å². The van der Waals surface area contributed by atoms with E-state index in [2.05, 4.69) is 97.1 Å². The van der Waals surface area contributed by atoms with Crippen LogP contribution in [-0.2, 0) is 21.8 Å². The third-order valence-electron chi connectivity index (χ3n) is 7.28. The molecule has 0 N–H and O–H groups in total. The topological polar surface area (TPSA) is 0 Å². The van der Waals surface area contributed by atoms with Gasteiger partial charge >= 0.3 is 66.0 Å². The minimum absolute atomic E-state index is 0.102. The maximum atomic E-state index is 9.87. The van der Waals surface area contributed by atoms with Crippen LogP contribution in [0.25, 0.3) is 0 Å². The summed E-state index contributed by atoms with van der Waals surface area (Å²) in [6, 6.07) is 37.1. The second kappa shape index (κ2) is 12.5. The van der Waals surface area contributed by atoms with Crippen molar-refractivity contribution in [3.8, 4) is 0 Å². The molecule has 2 atom stereocenters. The maximum absolute atomic E-state index is 10.7. The average Bonchev–Trinajstić information content (AvgIpc) is 3.21. The van der Waals surface area contributed by atoms with Crippen LogP contribution in [0.15, 0.2) is 136 Å². The molecule has 0 bridgehead atoms. The number of hydrogen-bond donors (Lipinski definition) is 0. The Bertz CT molecular complexity index is 1590. The molecule has 270 valence electrons. The molecule has 1 aliphatic carbocycles. The Morgan fingerprint density at radius 2 is 0.612 bits per heavy atom. The van der Waals surface area contributed by atoms with Crippen molar-refractivity contribution < 1.29 is 50.4 Å². The summed E-state index contributed by atoms with van der Waals surface area (Å²) in [4.78, 5) is 12.2. The molecule has 4 aromatic carbocycles. The molecule has 1 fully saturated rings. The monoisotopic (exact) mass is 818 g/mol. The number of fused-ring (bicyclic) bond motifs is 4. The predicted octanol–water partition coefficient (Wildman–Crippen LogP) is 15.9. The van der Waals surface area contributed by atoms with Gasteiger partial charge in [0.25, 0.3) is 0 Å². The Balaban J connectivity index is 0.000000284. The van der Waals surface area contributed by atoms with Gasteiger partial charge in [-0.3, -0.25) is 0 Å². The van der Waals surface area contributed by atoms with Gasteiger partial charge in [-0.05, 0) is 61.4 Å². The SMILES string of the molecule is F[P-](F)(F)(F)(F)F.F[P-](F)(F)(F)(F)F.c1ccc2c(c1)Sc1ccccc1[S+]2[C@@H]1CCCCC[C@H]1[S+]1c2ccccc2Sc2ccccc21. The molecule has 3 aliphatic rings. The molecule has 18 heteroatoms. The van der Waals surface area contributed by atoms with E-state index in [9.17, 15) is 50.4 Å². The second-order valence-electron chi connectivity index (χ2n) is 11.3. The van der Waals surface area contributed by atoms with Crippen molar-refractivity contribution in [2.75, 3.05) is 0 Å². The van der Waals surface area contributed by atoms with E-state index in [0.717, 1.165) is 0 Å². The molecule has 0 nitrogen and oxygen atoms in total. The molecule has 0 saturated heterocycles. The molecule has 7 rings (SSSR count). The average molecular weight is 819 g/mol. The first-order valence-corrected chi connectivity index (χ1v) is 22.9. The first kappa shape index (κ1) is 38.5. The molecule has 2 heterocycles. The third kappa shape index (κ3) is 12.2. The van der Waals surface area contributed by atoms with Gasteiger partial charge in [0.05, 0.1) is 41.4 Å². The minimum atomic E-state index is -10.7. The zero-order valence-electron chi connectivity index (χ0n) is 25.0. The summed E-state index contributed by atoms with van der Waals surface area (Å²) in [7, 11) is -21.1. The van der Waals surface area contributed by atoms with E-state index in [1.807, 2.05) is 23.5 Å². The number of halogens is 12. The van der Waals surface area contributed by atoms with Crippen LogP contribution in [0.5, 0.6) is 0 Å². The van der Waals surface area contributed by atoms with Crippen LogP contribution >= 0.6 is 39.1 Å². The van der Waals surface area contributed by atoms with Crippen molar-refractivity contribution in [2.45, 2.75) is 81.8 Å². The Labute approximate surface area is 289 Å². The van der Waals surface area contributed by atoms with Crippen LogP contribution < -0.4 is 0 Å². The van der Waals surface area contributed by atoms with E-state index in [4.69, 9.17) is 0 Å². The molecule has 49 heavy (non-hydrogen) atoms. The molecule has 1 saturated carbocycles. The van der Waals surface area contributed by atoms with Gasteiger partial charge in [0, 0.05) is 12.8 Å². The van der Waals surface area contributed by atoms with E-state index in [-0.39, 0.29) is 21.8 Å². The van der Waals surface area contributed by atoms with Crippen LogP contribution in [0, 0.1) is 0 Å². The van der Waals surface area contributed by atoms with Crippen molar-refractivity contribution >= 4 is 60.9 Å². The smallest absolute Gasteiger partial charge is 0.0795 e. The molecule has 0 spiro atoms. The Hall–Kier alpha value is -1.70. The summed E-state index contributed by atoms with van der Waals surface area (Å²) >= 11 is 3.95. The predicted molar refractivity (Wildman–Crippen MR) is 180 cm³/mol. The van der Waals surface area contributed by atoms with E-state index in [1.165, 1.54) is 51.7 Å². The van der Waals surface area contributed by atoms with Crippen molar-refractivity contribution in [1.82, 2.24) is 0 Å². The maximum Gasteiger partial charge on any atom is 0.177 e. The van der Waals surface area contributed by atoms with Gasteiger partial charge < -0.3 is 0 Å². The largest absolute Gasteiger partial charge is 0.177 e. The summed E-state index contributed by atoms with van der Waals surface area (Å²) in [5.41, 5.74) is 0. The number of benzene rings is 4. The minimum Gasteiger partial charge on any atom is -0.0795 e. The molecule has 0 radical (unpaired) electrons. The fraction of sp³-hybridized carbons (Fsp3) is 0.226. The van der Waals surface area contributed by atoms with Crippen molar-refractivity contribution in [3.63, 3.8) is 0 Å². The summed E-state index contributed by atoms with van der Waals surface area (Å²) in [5.74, 6) is 0. The Morgan fingerprint density at radius 3 is 0.857 bits per heavy atom. The molecule has 0 unspecified atom stereocenters. The van der Waals surface area contributed by atoms with Gasteiger partial charge in [-0.2, -0.15) is 0 Å². The normalized spacial score (nSPS) is 22.2. The van der Waals surface area contributed by atoms with Crippen LogP contribution in [0.4, 0.5) is 50.4 Å². The molecule has 0 aromatic heterocycles. The second-order valence-corrected chi connectivity index (χ2v) is 21.6. The van der Waals surface area contributed by atoms with Crippen LogP contribution in [0.2, 0.25) is 0 Å². The molecule has 4 aromatic rings. The fourth-order valence-corrected chi connectivity index (χ4v) is 15.3.